The summed E-state index contributed by atoms with van der Waals surface area (Å²) in [5.74, 6) is -0.828. The minimum Gasteiger partial charge on any atom is -0.505 e. The fourth-order valence-corrected chi connectivity index (χ4v) is 5.55. The number of ketones is 1. The molecule has 0 unspecified atom stereocenters. The number of esters is 1. The monoisotopic (exact) mass is 362 g/mol. The van der Waals surface area contributed by atoms with Gasteiger partial charge in [-0.3, -0.25) is 4.79 Å². The lowest BCUT2D eigenvalue weighted by atomic mass is 9.46. The van der Waals surface area contributed by atoms with Gasteiger partial charge in [0.05, 0.1) is 0 Å². The molecular formula is C21H30O5. The standard InChI is InChI=1S/C21H30O5/c1-12-7-6-8-15-20(12,3)10-9-13(2)21(15,4)11-14(22)16-17(23)19(25-5)26-18(16)24/h13,15,19,23H,1,6-11H2,2-5H3/t13-,15+,19+,20+,21+/m0/s1. The number of aliphatic hydroxyl groups excluding tert-OH is 1. The van der Waals surface area contributed by atoms with Crippen LogP contribution in [0.4, 0.5) is 0 Å². The lowest BCUT2D eigenvalue weighted by Gasteiger charge is -2.58. The molecule has 5 nitrogen and oxygen atoms in total. The van der Waals surface area contributed by atoms with Crippen LogP contribution in [0.15, 0.2) is 23.5 Å². The van der Waals surface area contributed by atoms with E-state index in [1.165, 1.54) is 12.7 Å². The van der Waals surface area contributed by atoms with Crippen LogP contribution in [-0.2, 0) is 19.1 Å². The van der Waals surface area contributed by atoms with Crippen molar-refractivity contribution < 1.29 is 24.2 Å². The predicted molar refractivity (Wildman–Crippen MR) is 97.3 cm³/mol. The van der Waals surface area contributed by atoms with Gasteiger partial charge in [-0.1, -0.05) is 32.9 Å². The van der Waals surface area contributed by atoms with Crippen LogP contribution < -0.4 is 0 Å². The Morgan fingerprint density at radius 1 is 1.38 bits per heavy atom. The van der Waals surface area contributed by atoms with Gasteiger partial charge in [0, 0.05) is 13.5 Å². The Labute approximate surface area is 155 Å². The van der Waals surface area contributed by atoms with Crippen molar-refractivity contribution in [1.82, 2.24) is 0 Å². The predicted octanol–water partition coefficient (Wildman–Crippen LogP) is 4.09. The van der Waals surface area contributed by atoms with Crippen LogP contribution in [0.1, 0.15) is 59.3 Å². The Balaban J connectivity index is 1.91. The minimum absolute atomic E-state index is 0.0431. The van der Waals surface area contributed by atoms with Crippen molar-refractivity contribution >= 4 is 11.8 Å². The van der Waals surface area contributed by atoms with E-state index in [2.05, 4.69) is 27.4 Å². The van der Waals surface area contributed by atoms with E-state index in [0.717, 1.165) is 32.1 Å². The molecule has 2 saturated carbocycles. The van der Waals surface area contributed by atoms with Gasteiger partial charge in [-0.05, 0) is 54.8 Å². The van der Waals surface area contributed by atoms with E-state index in [1.54, 1.807) is 0 Å². The molecule has 0 saturated heterocycles. The van der Waals surface area contributed by atoms with Crippen molar-refractivity contribution in [2.75, 3.05) is 7.11 Å². The van der Waals surface area contributed by atoms with Gasteiger partial charge in [-0.25, -0.2) is 4.79 Å². The maximum absolute atomic E-state index is 13.0. The number of cyclic esters (lactones) is 1. The third-order valence-corrected chi connectivity index (χ3v) is 7.50. The topological polar surface area (TPSA) is 72.8 Å². The highest BCUT2D eigenvalue weighted by Crippen LogP contribution is 2.62. The average Bonchev–Trinajstić information content (AvgIpc) is 2.87. The maximum Gasteiger partial charge on any atom is 0.348 e. The molecule has 1 heterocycles. The van der Waals surface area contributed by atoms with Gasteiger partial charge in [0.1, 0.15) is 5.57 Å². The van der Waals surface area contributed by atoms with E-state index in [9.17, 15) is 14.7 Å². The molecule has 0 radical (unpaired) electrons. The summed E-state index contributed by atoms with van der Waals surface area (Å²) in [6.45, 7) is 11.0. The first kappa shape index (κ1) is 19.2. The highest BCUT2D eigenvalue weighted by atomic mass is 16.7. The molecule has 0 aromatic heterocycles. The molecule has 0 amide bonds. The number of ether oxygens (including phenoxy) is 2. The van der Waals surface area contributed by atoms with Crippen LogP contribution in [0.2, 0.25) is 0 Å². The summed E-state index contributed by atoms with van der Waals surface area (Å²) < 4.78 is 9.84. The second kappa shape index (κ2) is 6.52. The zero-order valence-corrected chi connectivity index (χ0v) is 16.3. The summed E-state index contributed by atoms with van der Waals surface area (Å²) in [7, 11) is 1.32. The lowest BCUT2D eigenvalue weighted by Crippen LogP contribution is -2.51. The van der Waals surface area contributed by atoms with Crippen LogP contribution in [0.25, 0.3) is 0 Å². The first-order chi connectivity index (χ1) is 12.1. The van der Waals surface area contributed by atoms with Crippen LogP contribution in [-0.4, -0.2) is 30.3 Å². The van der Waals surface area contributed by atoms with E-state index in [-0.39, 0.29) is 28.6 Å². The number of carbonyl (C=O) groups is 2. The second-order valence-corrected chi connectivity index (χ2v) is 8.74. The van der Waals surface area contributed by atoms with Gasteiger partial charge in [-0.2, -0.15) is 0 Å². The summed E-state index contributed by atoms with van der Waals surface area (Å²) in [5.41, 5.74) is 0.849. The number of Topliss-reactive ketones (excluding diaryl/α,β-unsaturated/α-hetero) is 1. The summed E-state index contributed by atoms with van der Waals surface area (Å²) in [6.07, 6.45) is 4.41. The summed E-state index contributed by atoms with van der Waals surface area (Å²) >= 11 is 0. The average molecular weight is 362 g/mol. The van der Waals surface area contributed by atoms with Gasteiger partial charge in [0.2, 0.25) is 0 Å². The van der Waals surface area contributed by atoms with E-state index in [4.69, 9.17) is 9.47 Å². The van der Waals surface area contributed by atoms with Gasteiger partial charge in [0.25, 0.3) is 6.29 Å². The van der Waals surface area contributed by atoms with Crippen molar-refractivity contribution in [3.8, 4) is 0 Å². The SMILES string of the molecule is C=C1CCC[C@H]2[C@](C)(CC(=O)C3=C(O)[C@H](OC)OC3=O)[C@@H](C)CC[C@]12C. The molecule has 1 aliphatic heterocycles. The van der Waals surface area contributed by atoms with Crippen molar-refractivity contribution in [2.45, 2.75) is 65.6 Å². The third kappa shape index (κ3) is 2.72. The highest BCUT2D eigenvalue weighted by molar-refractivity contribution is 6.19. The Morgan fingerprint density at radius 3 is 2.69 bits per heavy atom. The van der Waals surface area contributed by atoms with Gasteiger partial charge < -0.3 is 14.6 Å². The van der Waals surface area contributed by atoms with Gasteiger partial charge >= 0.3 is 5.97 Å². The zero-order valence-electron chi connectivity index (χ0n) is 16.3. The summed E-state index contributed by atoms with van der Waals surface area (Å²) in [5, 5.41) is 10.2. The molecule has 5 heteroatoms. The van der Waals surface area contributed by atoms with Crippen LogP contribution in [0.5, 0.6) is 0 Å². The number of carbonyl (C=O) groups excluding carboxylic acids is 2. The lowest BCUT2D eigenvalue weighted by molar-refractivity contribution is -0.159. The molecule has 26 heavy (non-hydrogen) atoms. The van der Waals surface area contributed by atoms with E-state index < -0.39 is 18.0 Å². The molecule has 3 rings (SSSR count). The molecule has 0 aromatic carbocycles. The molecule has 5 atom stereocenters. The molecular weight excluding hydrogens is 332 g/mol. The fourth-order valence-electron chi connectivity index (χ4n) is 5.55. The second-order valence-electron chi connectivity index (χ2n) is 8.74. The molecule has 3 aliphatic rings. The Kier molecular flexibility index (Phi) is 4.80. The summed E-state index contributed by atoms with van der Waals surface area (Å²) in [6, 6.07) is 0. The quantitative estimate of drug-likeness (QED) is 0.463. The van der Waals surface area contributed by atoms with E-state index in [1.807, 2.05) is 0 Å². The fraction of sp³-hybridized carbons (Fsp3) is 0.714. The number of hydrogen-bond donors (Lipinski definition) is 1. The van der Waals surface area contributed by atoms with E-state index >= 15 is 0 Å². The Bertz CT molecular complexity index is 678. The number of methoxy groups -OCH3 is 1. The minimum atomic E-state index is -1.17. The molecule has 144 valence electrons. The Hall–Kier alpha value is -1.62. The third-order valence-electron chi connectivity index (χ3n) is 7.50. The number of rotatable bonds is 4. The maximum atomic E-state index is 13.0. The van der Waals surface area contributed by atoms with Gasteiger partial charge in [-0.15, -0.1) is 0 Å². The number of allylic oxidation sites excluding steroid dienone is 1. The van der Waals surface area contributed by atoms with Crippen molar-refractivity contribution in [2.24, 2.45) is 22.7 Å². The van der Waals surface area contributed by atoms with Crippen molar-refractivity contribution in [3.05, 3.63) is 23.5 Å². The normalized spacial score (nSPS) is 40.4. The van der Waals surface area contributed by atoms with Crippen LogP contribution in [0, 0.1) is 22.7 Å². The molecule has 2 fully saturated rings. The molecule has 0 spiro atoms. The smallest absolute Gasteiger partial charge is 0.348 e. The van der Waals surface area contributed by atoms with Crippen molar-refractivity contribution in [3.63, 3.8) is 0 Å². The van der Waals surface area contributed by atoms with Gasteiger partial charge in [0.15, 0.2) is 11.5 Å². The molecule has 0 bridgehead atoms. The number of fused-ring (bicyclic) bond motifs is 1. The van der Waals surface area contributed by atoms with E-state index in [0.29, 0.717) is 11.8 Å². The molecule has 1 N–H and O–H groups in total. The van der Waals surface area contributed by atoms with Crippen LogP contribution >= 0.6 is 0 Å². The van der Waals surface area contributed by atoms with Crippen molar-refractivity contribution in [1.29, 1.82) is 0 Å². The number of aliphatic hydroxyl groups is 1. The first-order valence-electron chi connectivity index (χ1n) is 9.53. The largest absolute Gasteiger partial charge is 0.505 e. The molecule has 0 aromatic rings. The zero-order chi connectivity index (χ0) is 19.3. The molecule has 2 aliphatic carbocycles. The van der Waals surface area contributed by atoms with Crippen LogP contribution in [0.3, 0.4) is 0 Å². The summed E-state index contributed by atoms with van der Waals surface area (Å²) in [4.78, 5) is 25.1. The first-order valence-corrected chi connectivity index (χ1v) is 9.53. The Morgan fingerprint density at radius 2 is 2.08 bits per heavy atom. The number of hydrogen-bond acceptors (Lipinski definition) is 5. The highest BCUT2D eigenvalue weighted by Gasteiger charge is 2.55.